The van der Waals surface area contributed by atoms with Crippen LogP contribution in [0.4, 0.5) is 0 Å². The van der Waals surface area contributed by atoms with Crippen molar-refractivity contribution in [2.24, 2.45) is 0 Å². The molecular formula is C49H30N4. The summed E-state index contributed by atoms with van der Waals surface area (Å²) in [5, 5.41) is 12.3. The van der Waals surface area contributed by atoms with Crippen LogP contribution in [0.5, 0.6) is 0 Å². The maximum atomic E-state index is 5.13. The third-order valence-corrected chi connectivity index (χ3v) is 10.6. The third-order valence-electron chi connectivity index (χ3n) is 10.6. The summed E-state index contributed by atoms with van der Waals surface area (Å²) in [7, 11) is 0. The molecule has 0 atom stereocenters. The van der Waals surface area contributed by atoms with Crippen LogP contribution in [0.15, 0.2) is 182 Å². The van der Waals surface area contributed by atoms with E-state index in [1.807, 2.05) is 18.2 Å². The Balaban J connectivity index is 1.07. The molecular weight excluding hydrogens is 645 g/mol. The second kappa shape index (κ2) is 11.7. The number of benzene rings is 9. The maximum Gasteiger partial charge on any atom is 0.164 e. The molecule has 246 valence electrons. The molecule has 0 aliphatic rings. The van der Waals surface area contributed by atoms with Crippen LogP contribution in [0.2, 0.25) is 0 Å². The number of rotatable bonds is 4. The smallest absolute Gasteiger partial charge is 0.164 e. The van der Waals surface area contributed by atoms with E-state index in [4.69, 9.17) is 15.0 Å². The van der Waals surface area contributed by atoms with Crippen LogP contribution in [0.1, 0.15) is 0 Å². The number of nitrogens with zero attached hydrogens (tertiary/aromatic N) is 4. The monoisotopic (exact) mass is 674 g/mol. The van der Waals surface area contributed by atoms with Gasteiger partial charge in [0, 0.05) is 33.2 Å². The fourth-order valence-corrected chi connectivity index (χ4v) is 8.00. The number of hydrogen-bond acceptors (Lipinski definition) is 3. The quantitative estimate of drug-likeness (QED) is 0.175. The van der Waals surface area contributed by atoms with Crippen molar-refractivity contribution >= 4 is 64.9 Å². The average Bonchev–Trinajstić information content (AvgIpc) is 3.55. The van der Waals surface area contributed by atoms with E-state index < -0.39 is 0 Å². The molecule has 11 rings (SSSR count). The Morgan fingerprint density at radius 3 is 1.57 bits per heavy atom. The lowest BCUT2D eigenvalue weighted by molar-refractivity contribution is 1.07. The largest absolute Gasteiger partial charge is 0.309 e. The highest BCUT2D eigenvalue weighted by molar-refractivity contribution is 6.18. The Bertz CT molecular complexity index is 3220. The Morgan fingerprint density at radius 1 is 0.283 bits per heavy atom. The Kier molecular flexibility index (Phi) is 6.52. The van der Waals surface area contributed by atoms with E-state index in [1.54, 1.807) is 0 Å². The van der Waals surface area contributed by atoms with Crippen LogP contribution >= 0.6 is 0 Å². The molecule has 0 radical (unpaired) electrons. The van der Waals surface area contributed by atoms with Crippen molar-refractivity contribution in [3.05, 3.63) is 182 Å². The minimum atomic E-state index is 0.637. The summed E-state index contributed by atoms with van der Waals surface area (Å²) in [6.45, 7) is 0. The average molecular weight is 675 g/mol. The van der Waals surface area contributed by atoms with Gasteiger partial charge in [-0.25, -0.2) is 15.0 Å². The van der Waals surface area contributed by atoms with E-state index in [0.717, 1.165) is 22.4 Å². The zero-order valence-electron chi connectivity index (χ0n) is 28.6. The van der Waals surface area contributed by atoms with Crippen molar-refractivity contribution in [1.82, 2.24) is 19.5 Å². The molecule has 2 aromatic heterocycles. The molecule has 0 aliphatic carbocycles. The molecule has 0 bridgehead atoms. The molecule has 0 saturated heterocycles. The highest BCUT2D eigenvalue weighted by Gasteiger charge is 2.16. The lowest BCUT2D eigenvalue weighted by Gasteiger charge is -2.12. The van der Waals surface area contributed by atoms with E-state index in [-0.39, 0.29) is 0 Å². The van der Waals surface area contributed by atoms with Crippen molar-refractivity contribution in [2.75, 3.05) is 0 Å². The number of para-hydroxylation sites is 1. The Morgan fingerprint density at radius 2 is 0.811 bits per heavy atom. The summed E-state index contributed by atoms with van der Waals surface area (Å²) in [6, 6.07) is 64.6. The van der Waals surface area contributed by atoms with Crippen molar-refractivity contribution in [3.8, 4) is 39.9 Å². The SMILES string of the molecule is c1ccc(-c2nc(-c3ccc(-n4c5ccccc5c5cc6ccccc6cc54)cc3)nc(-c3ccc4ccc5c6ccccc6ccc5c4c3)n2)cc1. The molecule has 0 aliphatic heterocycles. The molecule has 0 unspecified atom stereocenters. The maximum absolute atomic E-state index is 5.13. The van der Waals surface area contributed by atoms with Gasteiger partial charge in [-0.05, 0) is 91.6 Å². The van der Waals surface area contributed by atoms with Gasteiger partial charge in [0.25, 0.3) is 0 Å². The molecule has 0 amide bonds. The van der Waals surface area contributed by atoms with Gasteiger partial charge in [0.05, 0.1) is 11.0 Å². The highest BCUT2D eigenvalue weighted by atomic mass is 15.0. The molecule has 9 aromatic carbocycles. The predicted molar refractivity (Wildman–Crippen MR) is 220 cm³/mol. The fraction of sp³-hybridized carbons (Fsp3) is 0. The number of fused-ring (bicyclic) bond motifs is 9. The van der Waals surface area contributed by atoms with E-state index in [1.165, 1.54) is 64.9 Å². The molecule has 0 spiro atoms. The van der Waals surface area contributed by atoms with E-state index in [0.29, 0.717) is 17.5 Å². The molecule has 4 heteroatoms. The zero-order valence-corrected chi connectivity index (χ0v) is 28.6. The minimum absolute atomic E-state index is 0.637. The van der Waals surface area contributed by atoms with Gasteiger partial charge in [0.2, 0.25) is 0 Å². The second-order valence-electron chi connectivity index (χ2n) is 13.7. The van der Waals surface area contributed by atoms with Gasteiger partial charge in [-0.1, -0.05) is 133 Å². The van der Waals surface area contributed by atoms with Gasteiger partial charge in [-0.2, -0.15) is 0 Å². The van der Waals surface area contributed by atoms with Crippen LogP contribution in [-0.4, -0.2) is 19.5 Å². The normalized spacial score (nSPS) is 11.8. The van der Waals surface area contributed by atoms with E-state index in [9.17, 15) is 0 Å². The summed E-state index contributed by atoms with van der Waals surface area (Å²) >= 11 is 0. The molecule has 0 fully saturated rings. The summed E-state index contributed by atoms with van der Waals surface area (Å²) < 4.78 is 2.36. The standard InChI is InChI=1S/C49H30N4/c1-2-11-33(12-3-1)47-50-48(52-49(51-47)37-19-18-32-23-26-40-39-15-7-6-10-31(39)22-27-41(40)43(32)29-37)34-20-24-38(25-21-34)53-45-17-9-8-16-42(45)44-28-35-13-4-5-14-36(35)30-46(44)53/h1-30H. The third kappa shape index (κ3) is 4.80. The first-order valence-electron chi connectivity index (χ1n) is 17.9. The van der Waals surface area contributed by atoms with E-state index >= 15 is 0 Å². The number of aromatic nitrogens is 4. The van der Waals surface area contributed by atoms with Gasteiger partial charge in [-0.15, -0.1) is 0 Å². The first-order valence-corrected chi connectivity index (χ1v) is 17.9. The molecule has 0 saturated carbocycles. The zero-order chi connectivity index (χ0) is 34.9. The molecule has 53 heavy (non-hydrogen) atoms. The fourth-order valence-electron chi connectivity index (χ4n) is 8.00. The highest BCUT2D eigenvalue weighted by Crippen LogP contribution is 2.37. The van der Waals surface area contributed by atoms with Crippen LogP contribution in [-0.2, 0) is 0 Å². The Labute approximate surface area is 305 Å². The van der Waals surface area contributed by atoms with Crippen LogP contribution in [0, 0.1) is 0 Å². The molecule has 4 nitrogen and oxygen atoms in total. The summed E-state index contributed by atoms with van der Waals surface area (Å²) in [5.41, 5.74) is 6.28. The van der Waals surface area contributed by atoms with Crippen molar-refractivity contribution < 1.29 is 0 Å². The van der Waals surface area contributed by atoms with Crippen LogP contribution in [0.3, 0.4) is 0 Å². The second-order valence-corrected chi connectivity index (χ2v) is 13.7. The van der Waals surface area contributed by atoms with Gasteiger partial charge in [-0.3, -0.25) is 0 Å². The van der Waals surface area contributed by atoms with Crippen molar-refractivity contribution in [3.63, 3.8) is 0 Å². The van der Waals surface area contributed by atoms with Crippen molar-refractivity contribution in [1.29, 1.82) is 0 Å². The summed E-state index contributed by atoms with van der Waals surface area (Å²) in [5.74, 6) is 1.93. The lowest BCUT2D eigenvalue weighted by Crippen LogP contribution is -2.00. The predicted octanol–water partition coefficient (Wildman–Crippen LogP) is 12.6. The van der Waals surface area contributed by atoms with Crippen molar-refractivity contribution in [2.45, 2.75) is 0 Å². The van der Waals surface area contributed by atoms with Gasteiger partial charge in [0.15, 0.2) is 17.5 Å². The van der Waals surface area contributed by atoms with Crippen LogP contribution < -0.4 is 0 Å². The lowest BCUT2D eigenvalue weighted by atomic mass is 9.96. The Hall–Kier alpha value is -7.17. The minimum Gasteiger partial charge on any atom is -0.309 e. The number of hydrogen-bond donors (Lipinski definition) is 0. The van der Waals surface area contributed by atoms with Gasteiger partial charge >= 0.3 is 0 Å². The molecule has 2 heterocycles. The topological polar surface area (TPSA) is 43.6 Å². The molecule has 11 aromatic rings. The summed E-state index contributed by atoms with van der Waals surface area (Å²) in [6.07, 6.45) is 0. The van der Waals surface area contributed by atoms with Gasteiger partial charge < -0.3 is 4.57 Å². The van der Waals surface area contributed by atoms with Gasteiger partial charge in [0.1, 0.15) is 0 Å². The molecule has 0 N–H and O–H groups in total. The first-order chi connectivity index (χ1) is 26.2. The van der Waals surface area contributed by atoms with Crippen LogP contribution in [0.25, 0.3) is 105 Å². The van der Waals surface area contributed by atoms with E-state index in [2.05, 4.69) is 168 Å². The summed E-state index contributed by atoms with van der Waals surface area (Å²) in [4.78, 5) is 15.2. The first kappa shape index (κ1) is 29.5.